The highest BCUT2D eigenvalue weighted by Gasteiger charge is 2.36. The highest BCUT2D eigenvalue weighted by molar-refractivity contribution is 8.01. The van der Waals surface area contributed by atoms with Gasteiger partial charge in [-0.1, -0.05) is 0 Å². The van der Waals surface area contributed by atoms with Crippen molar-refractivity contribution in [2.75, 3.05) is 5.32 Å². The number of carbonyl (C=O) groups excluding carboxylic acids is 1. The van der Waals surface area contributed by atoms with Crippen molar-refractivity contribution in [1.82, 2.24) is 0 Å². The number of amides is 1. The minimum Gasteiger partial charge on any atom is -0.324 e. The zero-order valence-corrected chi connectivity index (χ0v) is 9.04. The number of nitrogens with one attached hydrogen (secondary N) is 1. The lowest BCUT2D eigenvalue weighted by molar-refractivity contribution is -0.117. The maximum atomic E-state index is 13.4. The summed E-state index contributed by atoms with van der Waals surface area (Å²) in [4.78, 5) is 11.7. The van der Waals surface area contributed by atoms with E-state index in [9.17, 15) is 13.6 Å². The van der Waals surface area contributed by atoms with E-state index < -0.39 is 16.4 Å². The van der Waals surface area contributed by atoms with Crippen LogP contribution in [0.2, 0.25) is 0 Å². The quantitative estimate of drug-likeness (QED) is 0.741. The van der Waals surface area contributed by atoms with Crippen LogP contribution in [0.5, 0.6) is 0 Å². The largest absolute Gasteiger partial charge is 0.324 e. The highest BCUT2D eigenvalue weighted by Crippen LogP contribution is 2.43. The Balaban J connectivity index is 2.56. The minimum atomic E-state index is -0.898. The Labute approximate surface area is 90.1 Å². The molecule has 1 N–H and O–H groups in total. The maximum Gasteiger partial charge on any atom is 0.240 e. The summed E-state index contributed by atoms with van der Waals surface area (Å²) in [5.41, 5.74) is 0.336. The van der Waals surface area contributed by atoms with E-state index in [1.165, 1.54) is 6.07 Å². The molecular formula is C10H9F2NOS. The van der Waals surface area contributed by atoms with Crippen LogP contribution in [0, 0.1) is 11.6 Å². The molecule has 1 aromatic carbocycles. The first-order valence-corrected chi connectivity index (χ1v) is 5.22. The summed E-state index contributed by atoms with van der Waals surface area (Å²) < 4.78 is 25.6. The van der Waals surface area contributed by atoms with Crippen LogP contribution in [-0.4, -0.2) is 10.7 Å². The number of rotatable bonds is 0. The van der Waals surface area contributed by atoms with Gasteiger partial charge < -0.3 is 5.32 Å². The maximum absolute atomic E-state index is 13.4. The zero-order valence-electron chi connectivity index (χ0n) is 8.23. The van der Waals surface area contributed by atoms with Crippen molar-refractivity contribution in [3.63, 3.8) is 0 Å². The number of carbonyl (C=O) groups is 1. The monoisotopic (exact) mass is 229 g/mol. The molecule has 0 aliphatic carbocycles. The van der Waals surface area contributed by atoms with Gasteiger partial charge in [0.2, 0.25) is 5.91 Å². The van der Waals surface area contributed by atoms with Gasteiger partial charge in [-0.15, -0.1) is 11.8 Å². The van der Waals surface area contributed by atoms with Crippen LogP contribution in [-0.2, 0) is 4.79 Å². The third-order valence-electron chi connectivity index (χ3n) is 2.20. The van der Waals surface area contributed by atoms with Crippen molar-refractivity contribution in [3.8, 4) is 0 Å². The molecular weight excluding hydrogens is 220 g/mol. The Morgan fingerprint density at radius 3 is 2.67 bits per heavy atom. The number of thioether (sulfide) groups is 1. The molecule has 0 saturated heterocycles. The predicted molar refractivity (Wildman–Crippen MR) is 54.9 cm³/mol. The summed E-state index contributed by atoms with van der Waals surface area (Å²) in [6.45, 7) is 3.33. The van der Waals surface area contributed by atoms with Gasteiger partial charge in [-0.3, -0.25) is 4.79 Å². The lowest BCUT2D eigenvalue weighted by Gasteiger charge is -2.29. The van der Waals surface area contributed by atoms with Gasteiger partial charge in [-0.05, 0) is 26.0 Å². The third kappa shape index (κ3) is 1.61. The fourth-order valence-electron chi connectivity index (χ4n) is 1.30. The first-order chi connectivity index (χ1) is 6.92. The molecule has 2 rings (SSSR count). The lowest BCUT2D eigenvalue weighted by atomic mass is 10.1. The molecule has 0 spiro atoms. The Bertz CT molecular complexity index is 445. The molecule has 1 heterocycles. The summed E-state index contributed by atoms with van der Waals surface area (Å²) in [5, 5.41) is 2.55. The van der Waals surface area contributed by atoms with Gasteiger partial charge in [0.25, 0.3) is 0 Å². The smallest absolute Gasteiger partial charge is 0.240 e. The lowest BCUT2D eigenvalue weighted by Crippen LogP contribution is -2.37. The van der Waals surface area contributed by atoms with E-state index in [2.05, 4.69) is 5.32 Å². The van der Waals surface area contributed by atoms with Gasteiger partial charge in [-0.2, -0.15) is 0 Å². The Morgan fingerprint density at radius 1 is 1.33 bits per heavy atom. The molecule has 0 aromatic heterocycles. The number of halogens is 2. The van der Waals surface area contributed by atoms with Crippen molar-refractivity contribution < 1.29 is 13.6 Å². The molecule has 15 heavy (non-hydrogen) atoms. The number of hydrogen-bond acceptors (Lipinski definition) is 2. The molecule has 0 radical (unpaired) electrons. The molecule has 5 heteroatoms. The Morgan fingerprint density at radius 2 is 2.00 bits per heavy atom. The average Bonchev–Trinajstić information content (AvgIpc) is 2.15. The molecule has 1 aromatic rings. The van der Waals surface area contributed by atoms with Crippen LogP contribution in [0.4, 0.5) is 14.5 Å². The Kier molecular flexibility index (Phi) is 2.22. The van der Waals surface area contributed by atoms with Gasteiger partial charge >= 0.3 is 0 Å². The molecule has 0 unspecified atom stereocenters. The van der Waals surface area contributed by atoms with E-state index in [-0.39, 0.29) is 10.8 Å². The summed E-state index contributed by atoms with van der Waals surface area (Å²) in [6.07, 6.45) is 0. The zero-order chi connectivity index (χ0) is 11.2. The first-order valence-electron chi connectivity index (χ1n) is 4.40. The highest BCUT2D eigenvalue weighted by atomic mass is 32.2. The fraction of sp³-hybridized carbons (Fsp3) is 0.300. The van der Waals surface area contributed by atoms with Gasteiger partial charge in [0.15, 0.2) is 11.6 Å². The molecule has 0 bridgehead atoms. The van der Waals surface area contributed by atoms with E-state index in [0.29, 0.717) is 5.69 Å². The summed E-state index contributed by atoms with van der Waals surface area (Å²) in [5.74, 6) is -2.00. The molecule has 0 saturated carbocycles. The second-order valence-corrected chi connectivity index (χ2v) is 5.44. The van der Waals surface area contributed by atoms with Crippen LogP contribution in [0.1, 0.15) is 13.8 Å². The van der Waals surface area contributed by atoms with Gasteiger partial charge in [0, 0.05) is 0 Å². The van der Waals surface area contributed by atoms with Gasteiger partial charge in [0.05, 0.1) is 15.3 Å². The van der Waals surface area contributed by atoms with E-state index in [0.717, 1.165) is 17.8 Å². The van der Waals surface area contributed by atoms with Crippen molar-refractivity contribution in [2.45, 2.75) is 23.5 Å². The third-order valence-corrected chi connectivity index (χ3v) is 3.50. The van der Waals surface area contributed by atoms with E-state index in [1.54, 1.807) is 13.8 Å². The van der Waals surface area contributed by atoms with Crippen molar-refractivity contribution in [3.05, 3.63) is 23.8 Å². The molecule has 0 fully saturated rings. The predicted octanol–water partition coefficient (Wildman–Crippen LogP) is 2.79. The molecule has 2 nitrogen and oxygen atoms in total. The summed E-state index contributed by atoms with van der Waals surface area (Å²) in [7, 11) is 0. The van der Waals surface area contributed by atoms with Crippen LogP contribution in [0.15, 0.2) is 17.0 Å². The molecule has 80 valence electrons. The molecule has 1 aliphatic rings. The number of anilines is 1. The summed E-state index contributed by atoms with van der Waals surface area (Å²) >= 11 is 1.04. The normalized spacial score (nSPS) is 18.3. The molecule has 1 amide bonds. The number of benzene rings is 1. The number of fused-ring (bicyclic) bond motifs is 1. The topological polar surface area (TPSA) is 29.1 Å². The standard InChI is InChI=1S/C10H9F2NOS/c1-10(2)9(14)13-6-4-3-5(11)7(12)8(6)15-10/h3-4H,1-2H3,(H,13,14). The molecule has 1 aliphatic heterocycles. The van der Waals surface area contributed by atoms with E-state index in [1.807, 2.05) is 0 Å². The van der Waals surface area contributed by atoms with Crippen molar-refractivity contribution in [2.24, 2.45) is 0 Å². The van der Waals surface area contributed by atoms with E-state index in [4.69, 9.17) is 0 Å². The average molecular weight is 229 g/mol. The summed E-state index contributed by atoms with van der Waals surface area (Å²) in [6, 6.07) is 2.38. The Hall–Kier alpha value is -1.10. The fourth-order valence-corrected chi connectivity index (χ4v) is 2.37. The van der Waals surface area contributed by atoms with Gasteiger partial charge in [-0.25, -0.2) is 8.78 Å². The second-order valence-electron chi connectivity index (χ2n) is 3.80. The van der Waals surface area contributed by atoms with Crippen LogP contribution >= 0.6 is 11.8 Å². The number of hydrogen-bond donors (Lipinski definition) is 1. The van der Waals surface area contributed by atoms with Crippen molar-refractivity contribution >= 4 is 23.4 Å². The van der Waals surface area contributed by atoms with Crippen LogP contribution < -0.4 is 5.32 Å². The SMILES string of the molecule is CC1(C)Sc2c(ccc(F)c2F)NC1=O. The van der Waals surface area contributed by atoms with E-state index >= 15 is 0 Å². The second kappa shape index (κ2) is 3.20. The van der Waals surface area contributed by atoms with Crippen LogP contribution in [0.25, 0.3) is 0 Å². The van der Waals surface area contributed by atoms with Gasteiger partial charge in [0.1, 0.15) is 0 Å². The van der Waals surface area contributed by atoms with Crippen LogP contribution in [0.3, 0.4) is 0 Å². The minimum absolute atomic E-state index is 0.166. The molecule has 0 atom stereocenters. The first kappa shape index (κ1) is 10.4. The van der Waals surface area contributed by atoms with Crippen molar-refractivity contribution in [1.29, 1.82) is 0 Å².